The molecule has 6 heteroatoms. The first-order chi connectivity index (χ1) is 8.79. The Kier molecular flexibility index (Phi) is 3.26. The van der Waals surface area contributed by atoms with E-state index in [9.17, 15) is 18.0 Å². The van der Waals surface area contributed by atoms with Crippen LogP contribution in [0, 0.1) is 0 Å². The van der Waals surface area contributed by atoms with Crippen molar-refractivity contribution >= 4 is 5.97 Å². The van der Waals surface area contributed by atoms with Crippen LogP contribution < -0.4 is 0 Å². The molecule has 3 nitrogen and oxygen atoms in total. The van der Waals surface area contributed by atoms with E-state index in [0.29, 0.717) is 5.56 Å². The fraction of sp³-hybridized carbons (Fsp3) is 0.308. The van der Waals surface area contributed by atoms with E-state index in [2.05, 4.69) is 0 Å². The van der Waals surface area contributed by atoms with Gasteiger partial charge in [-0.1, -0.05) is 18.2 Å². The third-order valence-corrected chi connectivity index (χ3v) is 2.96. The maximum Gasteiger partial charge on any atom is 0.416 e. The van der Waals surface area contributed by atoms with Crippen molar-refractivity contribution in [2.45, 2.75) is 25.1 Å². The number of hydrogen-bond acceptors (Lipinski definition) is 2. The third-order valence-electron chi connectivity index (χ3n) is 2.96. The fourth-order valence-corrected chi connectivity index (χ4v) is 2.02. The highest BCUT2D eigenvalue weighted by atomic mass is 19.4. The van der Waals surface area contributed by atoms with E-state index in [1.54, 1.807) is 6.92 Å². The number of hydrogen-bond donors (Lipinski definition) is 1. The van der Waals surface area contributed by atoms with Gasteiger partial charge in [0.15, 0.2) is 0 Å². The van der Waals surface area contributed by atoms with Crippen molar-refractivity contribution in [1.29, 1.82) is 0 Å². The molecule has 0 bridgehead atoms. The van der Waals surface area contributed by atoms with E-state index in [4.69, 9.17) is 9.84 Å². The Morgan fingerprint density at radius 1 is 1.37 bits per heavy atom. The number of aliphatic carboxylic acids is 1. The summed E-state index contributed by atoms with van der Waals surface area (Å²) in [4.78, 5) is 10.8. The van der Waals surface area contributed by atoms with Crippen molar-refractivity contribution in [1.82, 2.24) is 0 Å². The maximum absolute atomic E-state index is 12.6. The van der Waals surface area contributed by atoms with Crippen LogP contribution in [0.1, 0.15) is 24.0 Å². The minimum absolute atomic E-state index is 0.227. The second-order valence-corrected chi connectivity index (χ2v) is 4.31. The Balaban J connectivity index is 2.35. The van der Waals surface area contributed by atoms with Gasteiger partial charge in [0.2, 0.25) is 5.76 Å². The molecule has 1 aromatic rings. The molecule has 0 saturated carbocycles. The van der Waals surface area contributed by atoms with Crippen LogP contribution in [-0.2, 0) is 15.7 Å². The predicted octanol–water partition coefficient (Wildman–Crippen LogP) is 3.18. The van der Waals surface area contributed by atoms with Crippen LogP contribution in [0.2, 0.25) is 0 Å². The van der Waals surface area contributed by atoms with Gasteiger partial charge in [0.1, 0.15) is 6.10 Å². The lowest BCUT2D eigenvalue weighted by molar-refractivity contribution is -0.138. The van der Waals surface area contributed by atoms with Crippen molar-refractivity contribution in [3.05, 3.63) is 47.2 Å². The van der Waals surface area contributed by atoms with Crippen LogP contribution in [-0.4, -0.2) is 17.2 Å². The predicted molar refractivity (Wildman–Crippen MR) is 60.5 cm³/mol. The van der Waals surface area contributed by atoms with Gasteiger partial charge in [-0.05, 0) is 24.6 Å². The van der Waals surface area contributed by atoms with Crippen LogP contribution in [0.4, 0.5) is 13.2 Å². The molecule has 2 rings (SSSR count). The monoisotopic (exact) mass is 272 g/mol. The number of carboxylic acids is 1. The van der Waals surface area contributed by atoms with E-state index in [0.717, 1.165) is 12.1 Å². The molecule has 0 saturated heterocycles. The Bertz CT molecular complexity index is 534. The van der Waals surface area contributed by atoms with E-state index < -0.39 is 29.7 Å². The SMILES string of the molecule is CC1OC(C(=O)O)=CC1c1cccc(C(F)(F)F)c1. The summed E-state index contributed by atoms with van der Waals surface area (Å²) < 4.78 is 42.9. The van der Waals surface area contributed by atoms with Gasteiger partial charge in [-0.25, -0.2) is 4.79 Å². The molecule has 0 amide bonds. The first kappa shape index (κ1) is 13.5. The number of halogens is 3. The second kappa shape index (κ2) is 4.60. The van der Waals surface area contributed by atoms with Gasteiger partial charge in [0.05, 0.1) is 5.56 Å². The summed E-state index contributed by atoms with van der Waals surface area (Å²) in [7, 11) is 0. The molecule has 1 heterocycles. The van der Waals surface area contributed by atoms with Gasteiger partial charge >= 0.3 is 12.1 Å². The Labute approximate surface area is 107 Å². The molecule has 102 valence electrons. The number of ether oxygens (including phenoxy) is 1. The molecule has 0 spiro atoms. The molecule has 1 aromatic carbocycles. The van der Waals surface area contributed by atoms with E-state index in [1.165, 1.54) is 18.2 Å². The Morgan fingerprint density at radius 3 is 2.58 bits per heavy atom. The summed E-state index contributed by atoms with van der Waals surface area (Å²) in [5, 5.41) is 8.81. The molecule has 0 aliphatic carbocycles. The number of benzene rings is 1. The first-order valence-corrected chi connectivity index (χ1v) is 5.58. The van der Waals surface area contributed by atoms with E-state index >= 15 is 0 Å². The topological polar surface area (TPSA) is 46.5 Å². The van der Waals surface area contributed by atoms with Crippen molar-refractivity contribution in [3.63, 3.8) is 0 Å². The zero-order chi connectivity index (χ0) is 14.2. The minimum atomic E-state index is -4.42. The number of carbonyl (C=O) groups is 1. The Morgan fingerprint density at radius 2 is 2.05 bits per heavy atom. The third kappa shape index (κ3) is 2.72. The van der Waals surface area contributed by atoms with E-state index in [-0.39, 0.29) is 5.76 Å². The lowest BCUT2D eigenvalue weighted by atomic mass is 9.93. The molecule has 1 aliphatic heterocycles. The molecule has 2 atom stereocenters. The first-order valence-electron chi connectivity index (χ1n) is 5.58. The molecule has 2 unspecified atom stereocenters. The van der Waals surface area contributed by atoms with Gasteiger partial charge in [-0.3, -0.25) is 0 Å². The minimum Gasteiger partial charge on any atom is -0.483 e. The highest BCUT2D eigenvalue weighted by molar-refractivity contribution is 5.85. The van der Waals surface area contributed by atoms with Crippen LogP contribution in [0.25, 0.3) is 0 Å². The van der Waals surface area contributed by atoms with Crippen molar-refractivity contribution < 1.29 is 27.8 Å². The average molecular weight is 272 g/mol. The van der Waals surface area contributed by atoms with Gasteiger partial charge in [-0.15, -0.1) is 0 Å². The average Bonchev–Trinajstić information content (AvgIpc) is 2.71. The molecule has 1 N–H and O–H groups in total. The highest BCUT2D eigenvalue weighted by Gasteiger charge is 2.34. The van der Waals surface area contributed by atoms with Crippen LogP contribution in [0.3, 0.4) is 0 Å². The number of rotatable bonds is 2. The maximum atomic E-state index is 12.6. The quantitative estimate of drug-likeness (QED) is 0.899. The lowest BCUT2D eigenvalue weighted by Gasteiger charge is -2.16. The van der Waals surface area contributed by atoms with Gasteiger partial charge in [0.25, 0.3) is 0 Å². The lowest BCUT2D eigenvalue weighted by Crippen LogP contribution is -2.13. The molecule has 0 radical (unpaired) electrons. The van der Waals surface area contributed by atoms with Crippen LogP contribution in [0.5, 0.6) is 0 Å². The summed E-state index contributed by atoms with van der Waals surface area (Å²) in [5.41, 5.74) is -0.368. The highest BCUT2D eigenvalue weighted by Crippen LogP contribution is 2.36. The largest absolute Gasteiger partial charge is 0.483 e. The molecule has 1 aliphatic rings. The van der Waals surface area contributed by atoms with Gasteiger partial charge in [0, 0.05) is 5.92 Å². The summed E-state index contributed by atoms with van der Waals surface area (Å²) in [6.45, 7) is 1.62. The molecular formula is C13H11F3O3. The zero-order valence-corrected chi connectivity index (χ0v) is 9.94. The van der Waals surface area contributed by atoms with Crippen LogP contribution >= 0.6 is 0 Å². The number of carboxylic acid groups (broad SMARTS) is 1. The molecule has 0 fully saturated rings. The Hall–Kier alpha value is -1.98. The zero-order valence-electron chi connectivity index (χ0n) is 9.94. The number of alkyl halides is 3. The fourth-order valence-electron chi connectivity index (χ4n) is 2.02. The summed E-state index contributed by atoms with van der Waals surface area (Å²) in [6, 6.07) is 4.83. The molecule has 0 aromatic heterocycles. The second-order valence-electron chi connectivity index (χ2n) is 4.31. The van der Waals surface area contributed by atoms with Gasteiger partial charge < -0.3 is 9.84 Å². The van der Waals surface area contributed by atoms with Crippen molar-refractivity contribution in [2.75, 3.05) is 0 Å². The summed E-state index contributed by atoms with van der Waals surface area (Å²) in [6.07, 6.45) is -3.59. The summed E-state index contributed by atoms with van der Waals surface area (Å²) >= 11 is 0. The smallest absolute Gasteiger partial charge is 0.416 e. The molecule has 19 heavy (non-hydrogen) atoms. The van der Waals surface area contributed by atoms with Crippen molar-refractivity contribution in [3.8, 4) is 0 Å². The standard InChI is InChI=1S/C13H11F3O3/c1-7-10(6-11(19-7)12(17)18)8-3-2-4-9(5-8)13(14,15)16/h2-7,10H,1H3,(H,17,18). The van der Waals surface area contributed by atoms with Crippen molar-refractivity contribution in [2.24, 2.45) is 0 Å². The summed E-state index contributed by atoms with van der Waals surface area (Å²) in [5.74, 6) is -1.94. The normalized spacial score (nSPS) is 22.8. The molecular weight excluding hydrogens is 261 g/mol. The van der Waals surface area contributed by atoms with Crippen LogP contribution in [0.15, 0.2) is 36.1 Å². The van der Waals surface area contributed by atoms with Gasteiger partial charge in [-0.2, -0.15) is 13.2 Å². The van der Waals surface area contributed by atoms with E-state index in [1.807, 2.05) is 0 Å².